The number of carbonyl (C=O) groups excluding carboxylic acids is 1. The van der Waals surface area contributed by atoms with Crippen LogP contribution in [-0.4, -0.2) is 56.3 Å². The summed E-state index contributed by atoms with van der Waals surface area (Å²) in [7, 11) is 0. The molecule has 4 heterocycles. The third-order valence-corrected chi connectivity index (χ3v) is 9.01. The summed E-state index contributed by atoms with van der Waals surface area (Å²) < 4.78 is 50.0. The minimum Gasteiger partial charge on any atom is -0.385 e. The van der Waals surface area contributed by atoms with Gasteiger partial charge in [-0.1, -0.05) is 41.9 Å². The van der Waals surface area contributed by atoms with Gasteiger partial charge in [-0.2, -0.15) is 0 Å². The average molecular weight is 643 g/mol. The van der Waals surface area contributed by atoms with Crippen molar-refractivity contribution in [2.45, 2.75) is 75.2 Å². The molecule has 4 bridgehead atoms. The van der Waals surface area contributed by atoms with Crippen molar-refractivity contribution in [1.29, 1.82) is 0 Å². The molecule has 7 nitrogen and oxygen atoms in total. The number of carbonyl (C=O) groups is 1. The van der Waals surface area contributed by atoms with Crippen molar-refractivity contribution >= 4 is 23.2 Å². The summed E-state index contributed by atoms with van der Waals surface area (Å²) in [4.78, 5) is 12.3. The topological polar surface area (TPSA) is 83.7 Å². The van der Waals surface area contributed by atoms with Crippen LogP contribution in [-0.2, 0) is 16.0 Å². The lowest BCUT2D eigenvalue weighted by Crippen LogP contribution is -2.34. The zero-order valence-corrected chi connectivity index (χ0v) is 25.5. The first kappa shape index (κ1) is 31.8. The summed E-state index contributed by atoms with van der Waals surface area (Å²) in [5.41, 5.74) is 3.98. The van der Waals surface area contributed by atoms with E-state index in [1.165, 1.54) is 6.07 Å². The van der Waals surface area contributed by atoms with E-state index in [9.17, 15) is 18.0 Å². The minimum absolute atomic E-state index is 0.0801. The van der Waals surface area contributed by atoms with E-state index in [0.717, 1.165) is 37.1 Å². The van der Waals surface area contributed by atoms with Gasteiger partial charge in [-0.3, -0.25) is 4.79 Å². The summed E-state index contributed by atoms with van der Waals surface area (Å²) in [5, 5.41) is 13.4. The maximum absolute atomic E-state index is 14.2. The van der Waals surface area contributed by atoms with E-state index in [4.69, 9.17) is 21.1 Å². The number of anilines is 1. The Bertz CT molecular complexity index is 1450. The maximum atomic E-state index is 14.2. The maximum Gasteiger partial charge on any atom is 0.251 e. The second-order valence-corrected chi connectivity index (χ2v) is 12.4. The summed E-state index contributed by atoms with van der Waals surface area (Å²) in [6, 6.07) is 20.7. The van der Waals surface area contributed by atoms with Crippen LogP contribution in [0.15, 0.2) is 66.7 Å². The van der Waals surface area contributed by atoms with E-state index in [1.54, 1.807) is 12.1 Å². The second-order valence-electron chi connectivity index (χ2n) is 12.0. The molecule has 7 rings (SSSR count). The van der Waals surface area contributed by atoms with Gasteiger partial charge in [0.1, 0.15) is 11.9 Å². The Kier molecular flexibility index (Phi) is 10.3. The summed E-state index contributed by atoms with van der Waals surface area (Å²) in [5.74, 6) is -0.392. The third kappa shape index (κ3) is 7.99. The van der Waals surface area contributed by atoms with Gasteiger partial charge in [-0.05, 0) is 66.8 Å². The van der Waals surface area contributed by atoms with Crippen LogP contribution in [0.5, 0.6) is 0 Å². The van der Waals surface area contributed by atoms with Gasteiger partial charge in [0.25, 0.3) is 5.91 Å². The van der Waals surface area contributed by atoms with Gasteiger partial charge in [0.05, 0.1) is 18.3 Å². The molecule has 11 heteroatoms. The number of hydrogen-bond acceptors (Lipinski definition) is 6. The van der Waals surface area contributed by atoms with Gasteiger partial charge in [0.2, 0.25) is 6.43 Å². The van der Waals surface area contributed by atoms with Crippen molar-refractivity contribution in [2.24, 2.45) is 0 Å². The largest absolute Gasteiger partial charge is 0.385 e. The predicted molar refractivity (Wildman–Crippen MR) is 167 cm³/mol. The monoisotopic (exact) mass is 642 g/mol. The number of ether oxygens (including phenoxy) is 2. The van der Waals surface area contributed by atoms with Crippen LogP contribution in [0, 0.1) is 5.82 Å². The molecule has 6 atom stereocenters. The first-order chi connectivity index (χ1) is 21.8. The van der Waals surface area contributed by atoms with Crippen LogP contribution < -0.4 is 21.3 Å². The molecule has 1 amide bonds. The molecule has 0 spiro atoms. The van der Waals surface area contributed by atoms with Gasteiger partial charge < -0.3 is 30.7 Å². The number of benzene rings is 3. The van der Waals surface area contributed by atoms with E-state index in [-0.39, 0.29) is 42.5 Å². The first-order valence-corrected chi connectivity index (χ1v) is 15.9. The third-order valence-electron chi connectivity index (χ3n) is 8.76. The van der Waals surface area contributed by atoms with Crippen molar-refractivity contribution in [2.75, 3.05) is 25.0 Å². The van der Waals surface area contributed by atoms with E-state index < -0.39 is 6.43 Å². The zero-order valence-electron chi connectivity index (χ0n) is 24.8. The average Bonchev–Trinajstić information content (AvgIpc) is 3.87. The smallest absolute Gasteiger partial charge is 0.251 e. The number of morpholine rings is 2. The lowest BCUT2D eigenvalue weighted by Gasteiger charge is -2.24. The van der Waals surface area contributed by atoms with E-state index in [2.05, 4.69) is 21.3 Å². The number of hydrogen-bond donors (Lipinski definition) is 4. The molecule has 45 heavy (non-hydrogen) atoms. The van der Waals surface area contributed by atoms with E-state index >= 15 is 0 Å². The summed E-state index contributed by atoms with van der Waals surface area (Å²) in [6.07, 6.45) is 0.346. The van der Waals surface area contributed by atoms with E-state index in [0.29, 0.717) is 53.5 Å². The zero-order chi connectivity index (χ0) is 31.3. The SMILES string of the molecule is Fc1cc(NCCCC(F)F)ccc1[C@H]1O[C@@H]2CN[C@H]1C2.O=C(NCc1ccc(Cl)cc1)c1ccc([C@H]2O[C@@H]3CN[C@H]2C3)cc1. The fourth-order valence-corrected chi connectivity index (χ4v) is 6.53. The van der Waals surface area contributed by atoms with Crippen LogP contribution in [0.1, 0.15) is 64.9 Å². The van der Waals surface area contributed by atoms with E-state index in [1.807, 2.05) is 48.5 Å². The highest BCUT2D eigenvalue weighted by Gasteiger charge is 2.42. The van der Waals surface area contributed by atoms with Crippen molar-refractivity contribution in [3.05, 3.63) is 99.8 Å². The Balaban J connectivity index is 0.000000160. The Morgan fingerprint density at radius 1 is 0.911 bits per heavy atom. The quantitative estimate of drug-likeness (QED) is 0.199. The van der Waals surface area contributed by atoms with Crippen molar-refractivity contribution in [3.63, 3.8) is 0 Å². The Hall–Kier alpha value is -3.15. The van der Waals surface area contributed by atoms with Crippen LogP contribution in [0.25, 0.3) is 0 Å². The normalized spacial score (nSPS) is 26.2. The molecule has 4 N–H and O–H groups in total. The minimum atomic E-state index is -2.28. The molecule has 4 aliphatic heterocycles. The molecule has 3 aromatic rings. The number of alkyl halides is 2. The molecule has 4 saturated heterocycles. The second kappa shape index (κ2) is 14.5. The van der Waals surface area contributed by atoms with Gasteiger partial charge in [0, 0.05) is 66.5 Å². The number of amides is 1. The standard InChI is InChI=1S/C19H19ClN2O2.C15H19F3N2O/c20-15-7-1-12(2-8-15)10-22-19(23)14-5-3-13(4-6-14)18-17-9-16(24-18)11-21-17;16-12-6-9(19-5-1-2-14(17)18)3-4-11(12)15-13-7-10(21-15)8-20-13/h1-8,16-18,21H,9-11H2,(H,22,23);3-4,6,10,13-15,19-20H,1-2,5,7-8H2/t16-,17-,18+;10-,13-,15+/m00/s1. The summed E-state index contributed by atoms with van der Waals surface area (Å²) >= 11 is 5.86. The first-order valence-electron chi connectivity index (χ1n) is 15.5. The molecule has 4 fully saturated rings. The Morgan fingerprint density at radius 3 is 2.16 bits per heavy atom. The molecular formula is C34H38ClF3N4O3. The number of nitrogens with one attached hydrogen (secondary N) is 4. The molecular weight excluding hydrogens is 605 g/mol. The fourth-order valence-electron chi connectivity index (χ4n) is 6.41. The van der Waals surface area contributed by atoms with Crippen LogP contribution in [0.3, 0.4) is 0 Å². The molecule has 0 aliphatic carbocycles. The molecule has 4 aliphatic rings. The Labute approximate surface area is 266 Å². The van der Waals surface area contributed by atoms with Gasteiger partial charge in [-0.25, -0.2) is 13.2 Å². The van der Waals surface area contributed by atoms with Crippen LogP contribution in [0.2, 0.25) is 5.02 Å². The van der Waals surface area contributed by atoms with Crippen LogP contribution in [0.4, 0.5) is 18.9 Å². The highest BCUT2D eigenvalue weighted by Crippen LogP contribution is 2.39. The van der Waals surface area contributed by atoms with Crippen LogP contribution >= 0.6 is 11.6 Å². The lowest BCUT2D eigenvalue weighted by molar-refractivity contribution is 0.0141. The van der Waals surface area contributed by atoms with Crippen molar-refractivity contribution < 1.29 is 27.4 Å². The molecule has 0 aromatic heterocycles. The van der Waals surface area contributed by atoms with Crippen molar-refractivity contribution in [3.8, 4) is 0 Å². The highest BCUT2D eigenvalue weighted by atomic mass is 35.5. The lowest BCUT2D eigenvalue weighted by atomic mass is 10.0. The number of rotatable bonds is 10. The molecule has 240 valence electrons. The highest BCUT2D eigenvalue weighted by molar-refractivity contribution is 6.30. The molecule has 0 unspecified atom stereocenters. The molecule has 0 radical (unpaired) electrons. The number of fused-ring (bicyclic) bond motifs is 4. The predicted octanol–water partition coefficient (Wildman–Crippen LogP) is 6.16. The molecule has 3 aromatic carbocycles. The van der Waals surface area contributed by atoms with Gasteiger partial charge >= 0.3 is 0 Å². The summed E-state index contributed by atoms with van der Waals surface area (Å²) in [6.45, 7) is 2.69. The van der Waals surface area contributed by atoms with Crippen molar-refractivity contribution in [1.82, 2.24) is 16.0 Å². The van der Waals surface area contributed by atoms with Gasteiger partial charge in [0.15, 0.2) is 0 Å². The van der Waals surface area contributed by atoms with Gasteiger partial charge in [-0.15, -0.1) is 0 Å². The number of halogens is 4. The Morgan fingerprint density at radius 2 is 1.58 bits per heavy atom. The fraction of sp³-hybridized carbons (Fsp3) is 0.441. The molecule has 0 saturated carbocycles.